The molecule has 0 spiro atoms. The molecule has 1 N–H and O–H groups in total. The van der Waals surface area contributed by atoms with Crippen LogP contribution >= 0.6 is 11.3 Å². The van der Waals surface area contributed by atoms with Crippen LogP contribution in [-0.4, -0.2) is 28.3 Å². The number of amides is 2. The van der Waals surface area contributed by atoms with Crippen molar-refractivity contribution in [1.29, 1.82) is 0 Å². The van der Waals surface area contributed by atoms with Crippen LogP contribution in [-0.2, 0) is 16.0 Å². The molecule has 3 heterocycles. The molecule has 4 rings (SSSR count). The highest BCUT2D eigenvalue weighted by Gasteiger charge is 2.21. The van der Waals surface area contributed by atoms with E-state index in [0.29, 0.717) is 12.1 Å². The highest BCUT2D eigenvalue weighted by molar-refractivity contribution is 7.13. The zero-order valence-corrected chi connectivity index (χ0v) is 15.4. The number of thiazole rings is 1. The van der Waals surface area contributed by atoms with Gasteiger partial charge < -0.3 is 10.2 Å². The Labute approximate surface area is 160 Å². The lowest BCUT2D eigenvalue weighted by Gasteiger charge is -2.16. The summed E-state index contributed by atoms with van der Waals surface area (Å²) in [5, 5.41) is 5.62. The van der Waals surface area contributed by atoms with Crippen LogP contribution < -0.4 is 10.2 Å². The number of nitrogens with one attached hydrogen (secondary N) is 1. The van der Waals surface area contributed by atoms with Crippen molar-refractivity contribution in [3.05, 3.63) is 59.9 Å². The number of hydrogen-bond acceptors (Lipinski definition) is 5. The Bertz CT molecular complexity index is 954. The molecule has 0 unspecified atom stereocenters. The number of pyridine rings is 1. The van der Waals surface area contributed by atoms with Gasteiger partial charge in [-0.05, 0) is 42.8 Å². The van der Waals surface area contributed by atoms with E-state index in [0.717, 1.165) is 34.9 Å². The van der Waals surface area contributed by atoms with Crippen LogP contribution in [0.25, 0.3) is 10.6 Å². The first-order valence-corrected chi connectivity index (χ1v) is 9.62. The summed E-state index contributed by atoms with van der Waals surface area (Å²) in [6, 6.07) is 11.2. The van der Waals surface area contributed by atoms with Gasteiger partial charge in [-0.2, -0.15) is 0 Å². The van der Waals surface area contributed by atoms with Crippen molar-refractivity contribution >= 4 is 34.5 Å². The number of benzene rings is 1. The van der Waals surface area contributed by atoms with E-state index in [9.17, 15) is 9.59 Å². The van der Waals surface area contributed by atoms with Gasteiger partial charge in [0.15, 0.2) is 0 Å². The Morgan fingerprint density at radius 1 is 1.22 bits per heavy atom. The summed E-state index contributed by atoms with van der Waals surface area (Å²) in [5.74, 6) is 0.0303. The van der Waals surface area contributed by atoms with E-state index in [-0.39, 0.29) is 18.2 Å². The van der Waals surface area contributed by atoms with Crippen LogP contribution in [0.15, 0.2) is 54.2 Å². The zero-order chi connectivity index (χ0) is 18.6. The number of rotatable bonds is 5. The molecule has 136 valence electrons. The number of anilines is 2. The summed E-state index contributed by atoms with van der Waals surface area (Å²) < 4.78 is 0. The van der Waals surface area contributed by atoms with Crippen molar-refractivity contribution < 1.29 is 9.59 Å². The van der Waals surface area contributed by atoms with E-state index in [1.165, 1.54) is 11.3 Å². The molecule has 0 radical (unpaired) electrons. The largest absolute Gasteiger partial charge is 0.326 e. The third-order valence-corrected chi connectivity index (χ3v) is 5.28. The Hall–Kier alpha value is -3.06. The maximum absolute atomic E-state index is 12.3. The molecule has 1 saturated heterocycles. The predicted molar refractivity (Wildman–Crippen MR) is 106 cm³/mol. The van der Waals surface area contributed by atoms with Gasteiger partial charge in [0.2, 0.25) is 11.8 Å². The molecule has 0 saturated carbocycles. The van der Waals surface area contributed by atoms with E-state index in [1.807, 2.05) is 41.8 Å². The lowest BCUT2D eigenvalue weighted by Crippen LogP contribution is -2.23. The second kappa shape index (κ2) is 7.67. The average molecular weight is 378 g/mol. The second-order valence-electron chi connectivity index (χ2n) is 6.31. The highest BCUT2D eigenvalue weighted by atomic mass is 32.1. The van der Waals surface area contributed by atoms with E-state index < -0.39 is 0 Å². The second-order valence-corrected chi connectivity index (χ2v) is 7.16. The lowest BCUT2D eigenvalue weighted by molar-refractivity contribution is -0.117. The Morgan fingerprint density at radius 2 is 2.07 bits per heavy atom. The standard InChI is InChI=1S/C20H18N4O2S/c25-18(11-16-13-27-20(23-16)14-3-1-9-21-12-14)22-15-5-7-17(8-6-15)24-10-2-4-19(24)26/h1,3,5-9,12-13H,2,4,10-11H2,(H,22,25). The molecule has 6 nitrogen and oxygen atoms in total. The van der Waals surface area contributed by atoms with Gasteiger partial charge >= 0.3 is 0 Å². The Balaban J connectivity index is 1.37. The van der Waals surface area contributed by atoms with Gasteiger partial charge in [-0.15, -0.1) is 11.3 Å². The van der Waals surface area contributed by atoms with Gasteiger partial charge in [0.25, 0.3) is 0 Å². The van der Waals surface area contributed by atoms with Gasteiger partial charge in [0.05, 0.1) is 12.1 Å². The van der Waals surface area contributed by atoms with Crippen LogP contribution in [0.4, 0.5) is 11.4 Å². The van der Waals surface area contributed by atoms with E-state index in [1.54, 1.807) is 17.3 Å². The summed E-state index contributed by atoms with van der Waals surface area (Å²) in [5.41, 5.74) is 3.26. The average Bonchev–Trinajstić information content (AvgIpc) is 3.32. The monoisotopic (exact) mass is 378 g/mol. The van der Waals surface area contributed by atoms with Crippen LogP contribution in [0.2, 0.25) is 0 Å². The molecule has 1 aliphatic heterocycles. The maximum atomic E-state index is 12.3. The highest BCUT2D eigenvalue weighted by Crippen LogP contribution is 2.24. The molecule has 0 atom stereocenters. The fraction of sp³-hybridized carbons (Fsp3) is 0.200. The van der Waals surface area contributed by atoms with Crippen molar-refractivity contribution in [3.8, 4) is 10.6 Å². The fourth-order valence-electron chi connectivity index (χ4n) is 3.03. The molecule has 1 aromatic carbocycles. The smallest absolute Gasteiger partial charge is 0.230 e. The van der Waals surface area contributed by atoms with Crippen molar-refractivity contribution in [3.63, 3.8) is 0 Å². The summed E-state index contributed by atoms with van der Waals surface area (Å²) in [6.07, 6.45) is 5.19. The van der Waals surface area contributed by atoms with Crippen molar-refractivity contribution in [2.24, 2.45) is 0 Å². The van der Waals surface area contributed by atoms with Crippen LogP contribution in [0.1, 0.15) is 18.5 Å². The zero-order valence-electron chi connectivity index (χ0n) is 14.6. The van der Waals surface area contributed by atoms with Gasteiger partial charge in [0, 0.05) is 47.7 Å². The van der Waals surface area contributed by atoms with E-state index >= 15 is 0 Å². The molecule has 2 amide bonds. The minimum absolute atomic E-state index is 0.122. The molecule has 27 heavy (non-hydrogen) atoms. The van der Waals surface area contributed by atoms with Crippen LogP contribution in [0.5, 0.6) is 0 Å². The Morgan fingerprint density at radius 3 is 2.78 bits per heavy atom. The predicted octanol–water partition coefficient (Wildman–Crippen LogP) is 3.51. The minimum Gasteiger partial charge on any atom is -0.326 e. The molecule has 2 aromatic heterocycles. The molecule has 1 aliphatic rings. The maximum Gasteiger partial charge on any atom is 0.230 e. The van der Waals surface area contributed by atoms with Crippen molar-refractivity contribution in [2.45, 2.75) is 19.3 Å². The first-order valence-electron chi connectivity index (χ1n) is 8.74. The summed E-state index contributed by atoms with van der Waals surface area (Å²) in [6.45, 7) is 0.758. The van der Waals surface area contributed by atoms with Gasteiger partial charge in [-0.1, -0.05) is 0 Å². The SMILES string of the molecule is O=C(Cc1csc(-c2cccnc2)n1)Nc1ccc(N2CCCC2=O)cc1. The first-order chi connectivity index (χ1) is 13.2. The quantitative estimate of drug-likeness (QED) is 0.737. The molecular formula is C20H18N4O2S. The number of carbonyl (C=O) groups excluding carboxylic acids is 2. The minimum atomic E-state index is -0.122. The van der Waals surface area contributed by atoms with Crippen LogP contribution in [0, 0.1) is 0 Å². The fourth-order valence-corrected chi connectivity index (χ4v) is 3.84. The number of aromatic nitrogens is 2. The Kier molecular flexibility index (Phi) is 4.93. The van der Waals surface area contributed by atoms with Gasteiger partial charge in [-0.3, -0.25) is 14.6 Å². The number of nitrogens with zero attached hydrogens (tertiary/aromatic N) is 3. The lowest BCUT2D eigenvalue weighted by atomic mass is 10.2. The first kappa shape index (κ1) is 17.4. The summed E-state index contributed by atoms with van der Waals surface area (Å²) in [7, 11) is 0. The molecule has 3 aromatic rings. The molecule has 1 fully saturated rings. The third-order valence-electron chi connectivity index (χ3n) is 4.34. The third kappa shape index (κ3) is 4.03. The molecule has 0 aliphatic carbocycles. The van der Waals surface area contributed by atoms with E-state index in [2.05, 4.69) is 15.3 Å². The molecule has 0 bridgehead atoms. The summed E-state index contributed by atoms with van der Waals surface area (Å²) in [4.78, 5) is 34.5. The van der Waals surface area contributed by atoms with Crippen molar-refractivity contribution in [2.75, 3.05) is 16.8 Å². The van der Waals surface area contributed by atoms with Crippen LogP contribution in [0.3, 0.4) is 0 Å². The molecular weight excluding hydrogens is 360 g/mol. The van der Waals surface area contributed by atoms with Crippen molar-refractivity contribution in [1.82, 2.24) is 9.97 Å². The number of hydrogen-bond donors (Lipinski definition) is 1. The topological polar surface area (TPSA) is 75.2 Å². The van der Waals surface area contributed by atoms with Gasteiger partial charge in [-0.25, -0.2) is 4.98 Å². The summed E-state index contributed by atoms with van der Waals surface area (Å²) >= 11 is 1.50. The normalized spacial score (nSPS) is 13.8. The number of carbonyl (C=O) groups is 2. The molecule has 7 heteroatoms. The van der Waals surface area contributed by atoms with E-state index in [4.69, 9.17) is 0 Å². The van der Waals surface area contributed by atoms with Gasteiger partial charge in [0.1, 0.15) is 5.01 Å².